The van der Waals surface area contributed by atoms with Gasteiger partial charge in [0.25, 0.3) is 0 Å². The monoisotopic (exact) mass is 409 g/mol. The van der Waals surface area contributed by atoms with E-state index < -0.39 is 0 Å². The van der Waals surface area contributed by atoms with Crippen LogP contribution in [0.25, 0.3) is 21.1 Å². The highest BCUT2D eigenvalue weighted by Gasteiger charge is 2.20. The van der Waals surface area contributed by atoms with Gasteiger partial charge in [0.15, 0.2) is 5.82 Å². The molecule has 6 nitrogen and oxygen atoms in total. The van der Waals surface area contributed by atoms with Crippen molar-refractivity contribution >= 4 is 56.1 Å². The number of hydrogen-bond acceptors (Lipinski definition) is 7. The van der Waals surface area contributed by atoms with Crippen LogP contribution in [0, 0.1) is 0 Å². The second kappa shape index (κ2) is 7.00. The molecule has 0 saturated carbocycles. The summed E-state index contributed by atoms with van der Waals surface area (Å²) in [5.74, 6) is 1.50. The molecule has 3 heterocycles. The molecule has 0 fully saturated rings. The number of hydrogen-bond donors (Lipinski definition) is 1. The molecular weight excluding hydrogens is 394 g/mol. The number of aryl methyl sites for hydroxylation is 2. The van der Waals surface area contributed by atoms with Gasteiger partial charge in [-0.3, -0.25) is 5.43 Å². The van der Waals surface area contributed by atoms with Crippen molar-refractivity contribution in [3.63, 3.8) is 0 Å². The van der Waals surface area contributed by atoms with Gasteiger partial charge in [0.1, 0.15) is 22.1 Å². The number of rotatable bonds is 4. The van der Waals surface area contributed by atoms with Crippen molar-refractivity contribution in [2.75, 3.05) is 12.5 Å². The number of nitrogens with one attached hydrogen (secondary N) is 1. The van der Waals surface area contributed by atoms with Crippen molar-refractivity contribution in [2.24, 2.45) is 5.10 Å². The molecule has 3 aromatic heterocycles. The normalized spacial score (nSPS) is 13.5. The molecular formula is C20H16ClN5OS. The molecule has 140 valence electrons. The van der Waals surface area contributed by atoms with Crippen LogP contribution >= 0.6 is 22.9 Å². The fourth-order valence-electron chi connectivity index (χ4n) is 3.54. The van der Waals surface area contributed by atoms with Gasteiger partial charge in [0, 0.05) is 15.8 Å². The van der Waals surface area contributed by atoms with Gasteiger partial charge in [-0.25, -0.2) is 15.0 Å². The Hall–Kier alpha value is -2.77. The molecule has 28 heavy (non-hydrogen) atoms. The number of pyridine rings is 1. The highest BCUT2D eigenvalue weighted by Crippen LogP contribution is 2.39. The number of halogens is 1. The molecule has 0 radical (unpaired) electrons. The fraction of sp³-hybridized carbons (Fsp3) is 0.200. The van der Waals surface area contributed by atoms with Crippen LogP contribution in [0.4, 0.5) is 5.82 Å². The Morgan fingerprint density at radius 3 is 3.07 bits per heavy atom. The fourth-order valence-corrected chi connectivity index (χ4v) is 4.96. The van der Waals surface area contributed by atoms with Gasteiger partial charge >= 0.3 is 0 Å². The van der Waals surface area contributed by atoms with E-state index in [0.29, 0.717) is 5.15 Å². The molecule has 0 bridgehead atoms. The maximum atomic E-state index is 6.33. The number of nitrogens with zero attached hydrogens (tertiary/aromatic N) is 4. The van der Waals surface area contributed by atoms with Crippen LogP contribution in [0.1, 0.15) is 22.4 Å². The number of ether oxygens (including phenoxy) is 1. The molecule has 5 rings (SSSR count). The van der Waals surface area contributed by atoms with E-state index in [1.54, 1.807) is 31.0 Å². The molecule has 1 aromatic carbocycles. The third-order valence-corrected chi connectivity index (χ3v) is 6.38. The average molecular weight is 410 g/mol. The van der Waals surface area contributed by atoms with Crippen molar-refractivity contribution < 1.29 is 4.74 Å². The van der Waals surface area contributed by atoms with Gasteiger partial charge in [-0.1, -0.05) is 11.6 Å². The summed E-state index contributed by atoms with van der Waals surface area (Å²) in [7, 11) is 1.64. The summed E-state index contributed by atoms with van der Waals surface area (Å²) < 4.78 is 5.28. The summed E-state index contributed by atoms with van der Waals surface area (Å²) in [5, 5.41) is 6.78. The van der Waals surface area contributed by atoms with Crippen LogP contribution in [0.15, 0.2) is 35.7 Å². The minimum atomic E-state index is 0.396. The maximum Gasteiger partial charge on any atom is 0.158 e. The molecule has 4 aromatic rings. The second-order valence-electron chi connectivity index (χ2n) is 6.56. The summed E-state index contributed by atoms with van der Waals surface area (Å²) in [4.78, 5) is 15.7. The minimum absolute atomic E-state index is 0.396. The first-order valence-corrected chi connectivity index (χ1v) is 10.1. The lowest BCUT2D eigenvalue weighted by molar-refractivity contribution is 0.415. The lowest BCUT2D eigenvalue weighted by atomic mass is 10.1. The first-order chi connectivity index (χ1) is 13.7. The van der Waals surface area contributed by atoms with Crippen molar-refractivity contribution in [2.45, 2.75) is 19.3 Å². The highest BCUT2D eigenvalue weighted by molar-refractivity contribution is 7.19. The lowest BCUT2D eigenvalue weighted by Crippen LogP contribution is -1.97. The highest BCUT2D eigenvalue weighted by atomic mass is 35.5. The van der Waals surface area contributed by atoms with E-state index in [4.69, 9.17) is 16.3 Å². The van der Waals surface area contributed by atoms with Crippen LogP contribution in [0.3, 0.4) is 0 Å². The van der Waals surface area contributed by atoms with Crippen molar-refractivity contribution in [1.82, 2.24) is 15.0 Å². The lowest BCUT2D eigenvalue weighted by Gasteiger charge is -2.05. The van der Waals surface area contributed by atoms with E-state index in [1.807, 2.05) is 24.3 Å². The summed E-state index contributed by atoms with van der Waals surface area (Å²) >= 11 is 8.08. The van der Waals surface area contributed by atoms with Crippen LogP contribution in [0.2, 0.25) is 5.15 Å². The van der Waals surface area contributed by atoms with Crippen LogP contribution in [0.5, 0.6) is 5.75 Å². The molecule has 1 N–H and O–H groups in total. The number of benzene rings is 1. The summed E-state index contributed by atoms with van der Waals surface area (Å²) in [6.07, 6.45) is 6.62. The molecule has 0 unspecified atom stereocenters. The average Bonchev–Trinajstić information content (AvgIpc) is 3.29. The van der Waals surface area contributed by atoms with Crippen LogP contribution in [-0.4, -0.2) is 28.3 Å². The van der Waals surface area contributed by atoms with Gasteiger partial charge in [-0.2, -0.15) is 5.10 Å². The molecule has 8 heteroatoms. The molecule has 1 aliphatic carbocycles. The number of aromatic nitrogens is 3. The number of thiophene rings is 1. The largest absolute Gasteiger partial charge is 0.497 e. The van der Waals surface area contributed by atoms with E-state index in [9.17, 15) is 0 Å². The molecule has 0 spiro atoms. The van der Waals surface area contributed by atoms with Crippen molar-refractivity contribution in [3.8, 4) is 5.75 Å². The van der Waals surface area contributed by atoms with Gasteiger partial charge in [0.2, 0.25) is 0 Å². The number of methoxy groups -OCH3 is 1. The molecule has 0 saturated heterocycles. The third-order valence-electron chi connectivity index (χ3n) is 4.88. The summed E-state index contributed by atoms with van der Waals surface area (Å²) in [6.45, 7) is 0. The zero-order valence-electron chi connectivity index (χ0n) is 15.1. The SMILES string of the molecule is COc1ccc2nc(Cl)c(/C=N\Nc3ncnc4sc5c(c34)CCC5)cc2c1. The standard InChI is InChI=1S/C20H16ClN5OS/c1-27-13-5-6-15-11(8-13)7-12(18(21)25-15)9-24-26-19-17-14-3-2-4-16(14)28-20(17)23-10-22-19/h5-10H,2-4H2,1H3,(H,22,23,26)/b24-9-. The number of anilines is 1. The first-order valence-electron chi connectivity index (χ1n) is 8.91. The summed E-state index contributed by atoms with van der Waals surface area (Å²) in [6, 6.07) is 7.61. The Bertz CT molecular complexity index is 1240. The zero-order chi connectivity index (χ0) is 19.1. The Kier molecular flexibility index (Phi) is 4.33. The zero-order valence-corrected chi connectivity index (χ0v) is 16.6. The van der Waals surface area contributed by atoms with E-state index in [1.165, 1.54) is 16.9 Å². The third kappa shape index (κ3) is 2.96. The van der Waals surface area contributed by atoms with Crippen molar-refractivity contribution in [1.29, 1.82) is 0 Å². The number of fused-ring (bicyclic) bond motifs is 4. The van der Waals surface area contributed by atoms with Crippen LogP contribution in [-0.2, 0) is 12.8 Å². The summed E-state index contributed by atoms with van der Waals surface area (Å²) in [5.41, 5.74) is 5.95. The Morgan fingerprint density at radius 1 is 1.25 bits per heavy atom. The Balaban J connectivity index is 1.47. The van der Waals surface area contributed by atoms with E-state index in [0.717, 1.165) is 51.1 Å². The smallest absolute Gasteiger partial charge is 0.158 e. The van der Waals surface area contributed by atoms with Crippen LogP contribution < -0.4 is 10.2 Å². The van der Waals surface area contributed by atoms with Gasteiger partial charge in [-0.05, 0) is 49.1 Å². The second-order valence-corrected chi connectivity index (χ2v) is 8.00. The molecule has 0 aliphatic heterocycles. The Labute approximate surface area is 170 Å². The predicted octanol–water partition coefficient (Wildman–Crippen LogP) is 4.84. The molecule has 0 atom stereocenters. The van der Waals surface area contributed by atoms with Gasteiger partial charge < -0.3 is 4.74 Å². The van der Waals surface area contributed by atoms with E-state index in [-0.39, 0.29) is 0 Å². The molecule has 1 aliphatic rings. The maximum absolute atomic E-state index is 6.33. The van der Waals surface area contributed by atoms with Gasteiger partial charge in [0.05, 0.1) is 24.2 Å². The van der Waals surface area contributed by atoms with E-state index in [2.05, 4.69) is 25.5 Å². The van der Waals surface area contributed by atoms with E-state index >= 15 is 0 Å². The number of hydrazone groups is 1. The Morgan fingerprint density at radius 2 is 2.18 bits per heavy atom. The van der Waals surface area contributed by atoms with Gasteiger partial charge in [-0.15, -0.1) is 11.3 Å². The quantitative estimate of drug-likeness (QED) is 0.297. The van der Waals surface area contributed by atoms with Crippen molar-refractivity contribution in [3.05, 3.63) is 51.7 Å². The topological polar surface area (TPSA) is 72.3 Å². The molecule has 0 amide bonds. The minimum Gasteiger partial charge on any atom is -0.497 e. The first kappa shape index (κ1) is 17.3. The predicted molar refractivity (Wildman–Crippen MR) is 114 cm³/mol.